The van der Waals surface area contributed by atoms with Crippen LogP contribution in [0, 0.1) is 11.2 Å². The molecule has 0 amide bonds. The fourth-order valence-electron chi connectivity index (χ4n) is 4.68. The van der Waals surface area contributed by atoms with Gasteiger partial charge >= 0.3 is 5.97 Å². The summed E-state index contributed by atoms with van der Waals surface area (Å²) < 4.78 is 48.7. The Morgan fingerprint density at radius 3 is 2.77 bits per heavy atom. The van der Waals surface area contributed by atoms with Crippen molar-refractivity contribution in [3.05, 3.63) is 65.9 Å². The van der Waals surface area contributed by atoms with Gasteiger partial charge < -0.3 is 10.5 Å². The van der Waals surface area contributed by atoms with Crippen molar-refractivity contribution in [3.8, 4) is 0 Å². The number of nitrogens with two attached hydrogens (primary N) is 1. The summed E-state index contributed by atoms with van der Waals surface area (Å²) in [7, 11) is -2.18. The Labute approximate surface area is 203 Å². The molecule has 2 aliphatic rings. The first kappa shape index (κ1) is 24.8. The molecule has 4 rings (SSSR count). The zero-order chi connectivity index (χ0) is 25.2. The number of halogens is 1. The number of sulfonamides is 1. The summed E-state index contributed by atoms with van der Waals surface area (Å²) in [5.41, 5.74) is 7.46. The molecule has 11 heteroatoms. The molecule has 1 aromatic carbocycles. The van der Waals surface area contributed by atoms with Crippen LogP contribution in [0.25, 0.3) is 0 Å². The lowest BCUT2D eigenvalue weighted by Crippen LogP contribution is -2.49. The van der Waals surface area contributed by atoms with Gasteiger partial charge in [0.15, 0.2) is 0 Å². The highest BCUT2D eigenvalue weighted by Crippen LogP contribution is 2.49. The van der Waals surface area contributed by atoms with Crippen molar-refractivity contribution in [2.45, 2.75) is 43.5 Å². The number of aliphatic imine (C=N–C) groups is 1. The number of aromatic nitrogens is 2. The van der Waals surface area contributed by atoms with Gasteiger partial charge in [0.1, 0.15) is 10.7 Å². The molecule has 1 heterocycles. The molecule has 2 atom stereocenters. The minimum absolute atomic E-state index is 0.0615. The number of carbonyl (C=O) groups excluding carboxylic acids is 1. The van der Waals surface area contributed by atoms with E-state index in [2.05, 4.69) is 14.8 Å². The van der Waals surface area contributed by atoms with E-state index in [1.165, 1.54) is 35.4 Å². The summed E-state index contributed by atoms with van der Waals surface area (Å²) in [4.78, 5) is 18.0. The largest absolute Gasteiger partial charge is 0.465 e. The average molecular weight is 502 g/mol. The van der Waals surface area contributed by atoms with E-state index in [0.717, 1.165) is 5.57 Å². The van der Waals surface area contributed by atoms with Gasteiger partial charge in [0.2, 0.25) is 10.0 Å². The molecule has 1 fully saturated rings. The van der Waals surface area contributed by atoms with Crippen molar-refractivity contribution < 1.29 is 22.3 Å². The number of benzene rings is 1. The van der Waals surface area contributed by atoms with E-state index in [1.54, 1.807) is 26.1 Å². The first-order valence-electron chi connectivity index (χ1n) is 11.3. The summed E-state index contributed by atoms with van der Waals surface area (Å²) in [6.07, 6.45) is 7.35. The quantitative estimate of drug-likeness (QED) is 0.586. The molecule has 186 valence electrons. The molecular formula is C24H28FN5O4S. The highest BCUT2D eigenvalue weighted by molar-refractivity contribution is 7.89. The van der Waals surface area contributed by atoms with Gasteiger partial charge in [-0.3, -0.25) is 9.48 Å². The first-order valence-corrected chi connectivity index (χ1v) is 12.8. The van der Waals surface area contributed by atoms with Crippen LogP contribution in [-0.4, -0.2) is 42.5 Å². The highest BCUT2D eigenvalue weighted by atomic mass is 32.2. The number of aryl methyl sites for hydroxylation is 1. The van der Waals surface area contributed by atoms with Gasteiger partial charge in [0.05, 0.1) is 29.6 Å². The van der Waals surface area contributed by atoms with Crippen molar-refractivity contribution in [2.24, 2.45) is 23.2 Å². The van der Waals surface area contributed by atoms with Gasteiger partial charge in [0, 0.05) is 19.3 Å². The van der Waals surface area contributed by atoms with Crippen LogP contribution < -0.4 is 10.5 Å². The molecule has 0 bridgehead atoms. The SMILES string of the molecule is CCOC(=O)[C@]12CC(=CN)C(=Nc3ccc(F)cc3)C=C1CC[C@H](NS(=O)(=O)c1cnn(C)c1)C2. The highest BCUT2D eigenvalue weighted by Gasteiger charge is 2.50. The number of hydrogen-bond acceptors (Lipinski definition) is 7. The standard InChI is InChI=1S/C24H28FN5O4S/c1-3-34-23(31)24-11-16(13-26)22(28-19-8-5-18(25)6-9-19)10-17(24)4-7-20(12-24)29-35(32,33)21-14-27-30(2)15-21/h5-6,8-10,13-15,20,29H,3-4,7,11-12,26H2,1-2H3/t20-,24-/m0/s1. The van der Waals surface area contributed by atoms with Crippen LogP contribution in [-0.2, 0) is 26.6 Å². The first-order chi connectivity index (χ1) is 16.7. The van der Waals surface area contributed by atoms with Crippen LogP contribution in [0.3, 0.4) is 0 Å². The lowest BCUT2D eigenvalue weighted by Gasteiger charge is -2.44. The molecule has 2 aromatic rings. The van der Waals surface area contributed by atoms with E-state index >= 15 is 0 Å². The van der Waals surface area contributed by atoms with E-state index in [1.807, 2.05) is 6.08 Å². The van der Waals surface area contributed by atoms with E-state index in [-0.39, 0.29) is 30.2 Å². The van der Waals surface area contributed by atoms with Crippen LogP contribution in [0.15, 0.2) is 70.0 Å². The number of nitrogens with one attached hydrogen (secondary N) is 1. The molecule has 9 nitrogen and oxygen atoms in total. The molecule has 35 heavy (non-hydrogen) atoms. The van der Waals surface area contributed by atoms with Crippen molar-refractivity contribution in [3.63, 3.8) is 0 Å². The van der Waals surface area contributed by atoms with Crippen molar-refractivity contribution in [1.82, 2.24) is 14.5 Å². The molecule has 0 saturated heterocycles. The second-order valence-corrected chi connectivity index (χ2v) is 10.4. The minimum Gasteiger partial charge on any atom is -0.465 e. The molecule has 0 radical (unpaired) electrons. The summed E-state index contributed by atoms with van der Waals surface area (Å²) >= 11 is 0. The van der Waals surface area contributed by atoms with Crippen LogP contribution >= 0.6 is 0 Å². The zero-order valence-electron chi connectivity index (χ0n) is 19.6. The minimum atomic E-state index is -3.81. The summed E-state index contributed by atoms with van der Waals surface area (Å²) in [5, 5.41) is 3.94. The molecular weight excluding hydrogens is 473 g/mol. The topological polar surface area (TPSA) is 129 Å². The smallest absolute Gasteiger partial charge is 0.316 e. The average Bonchev–Trinajstić information content (AvgIpc) is 3.27. The Morgan fingerprint density at radius 2 is 2.14 bits per heavy atom. The van der Waals surface area contributed by atoms with Crippen molar-refractivity contribution >= 4 is 27.4 Å². The third-order valence-corrected chi connectivity index (χ3v) is 7.84. The third-order valence-electron chi connectivity index (χ3n) is 6.36. The second-order valence-electron chi connectivity index (χ2n) is 8.73. The Balaban J connectivity index is 1.69. The number of esters is 1. The van der Waals surface area contributed by atoms with Gasteiger partial charge in [-0.2, -0.15) is 5.10 Å². The van der Waals surface area contributed by atoms with Gasteiger partial charge in [-0.15, -0.1) is 0 Å². The molecule has 3 N–H and O–H groups in total. The number of ether oxygens (including phenoxy) is 1. The Morgan fingerprint density at radius 1 is 1.40 bits per heavy atom. The van der Waals surface area contributed by atoms with E-state index < -0.39 is 27.4 Å². The van der Waals surface area contributed by atoms with Crippen LogP contribution in [0.2, 0.25) is 0 Å². The predicted molar refractivity (Wildman–Crippen MR) is 129 cm³/mol. The normalized spacial score (nSPS) is 24.8. The number of carbonyl (C=O) groups is 1. The lowest BCUT2D eigenvalue weighted by atomic mass is 9.62. The van der Waals surface area contributed by atoms with Gasteiger partial charge in [-0.25, -0.2) is 22.5 Å². The van der Waals surface area contributed by atoms with Crippen LogP contribution in [0.1, 0.15) is 32.6 Å². The van der Waals surface area contributed by atoms with E-state index in [4.69, 9.17) is 10.5 Å². The number of rotatable bonds is 6. The second kappa shape index (κ2) is 9.74. The predicted octanol–water partition coefficient (Wildman–Crippen LogP) is 2.88. The number of allylic oxidation sites excluding steroid dienone is 2. The van der Waals surface area contributed by atoms with Crippen LogP contribution in [0.5, 0.6) is 0 Å². The monoisotopic (exact) mass is 501 g/mol. The summed E-state index contributed by atoms with van der Waals surface area (Å²) in [6, 6.07) is 5.28. The lowest BCUT2D eigenvalue weighted by molar-refractivity contribution is -0.154. The Hall–Kier alpha value is -3.31. The molecule has 2 aliphatic carbocycles. The summed E-state index contributed by atoms with van der Waals surface area (Å²) in [5.74, 6) is -0.782. The van der Waals surface area contributed by atoms with E-state index in [9.17, 15) is 17.6 Å². The fraction of sp³-hybridized carbons (Fsp3) is 0.375. The maximum absolute atomic E-state index is 13.3. The summed E-state index contributed by atoms with van der Waals surface area (Å²) in [6.45, 7) is 1.92. The fourth-order valence-corrected chi connectivity index (χ4v) is 5.93. The molecule has 1 aromatic heterocycles. The molecule has 0 aliphatic heterocycles. The van der Waals surface area contributed by atoms with E-state index in [0.29, 0.717) is 29.8 Å². The third kappa shape index (κ3) is 5.06. The van der Waals surface area contributed by atoms with Crippen molar-refractivity contribution in [1.29, 1.82) is 0 Å². The van der Waals surface area contributed by atoms with Gasteiger partial charge in [-0.05, 0) is 74.7 Å². The number of hydrogen-bond donors (Lipinski definition) is 2. The number of fused-ring (bicyclic) bond motifs is 1. The Bertz CT molecular complexity index is 1310. The van der Waals surface area contributed by atoms with Gasteiger partial charge in [-0.1, -0.05) is 5.57 Å². The van der Waals surface area contributed by atoms with Crippen LogP contribution in [0.4, 0.5) is 10.1 Å². The molecule has 1 saturated carbocycles. The molecule has 0 spiro atoms. The van der Waals surface area contributed by atoms with Crippen molar-refractivity contribution in [2.75, 3.05) is 6.61 Å². The number of nitrogens with zero attached hydrogens (tertiary/aromatic N) is 3. The maximum Gasteiger partial charge on any atom is 0.316 e. The molecule has 0 unspecified atom stereocenters. The zero-order valence-corrected chi connectivity index (χ0v) is 20.4. The van der Waals surface area contributed by atoms with Gasteiger partial charge in [0.25, 0.3) is 0 Å². The maximum atomic E-state index is 13.3. The Kier molecular flexibility index (Phi) is 6.91.